The molecule has 1 heterocycles. The molecule has 1 rings (SSSR count). The second-order valence-corrected chi connectivity index (χ2v) is 11.0. The Morgan fingerprint density at radius 1 is 1.44 bits per heavy atom. The zero-order chi connectivity index (χ0) is 12.4. The number of rotatable bonds is 5. The van der Waals surface area contributed by atoms with Gasteiger partial charge in [-0.2, -0.15) is 0 Å². The van der Waals surface area contributed by atoms with Crippen molar-refractivity contribution in [2.24, 2.45) is 0 Å². The van der Waals surface area contributed by atoms with Gasteiger partial charge in [-0.3, -0.25) is 0 Å². The molecular weight excluding hydrogens is 252 g/mol. The summed E-state index contributed by atoms with van der Waals surface area (Å²) in [7, 11) is -5.64. The molecule has 1 fully saturated rings. The van der Waals surface area contributed by atoms with E-state index < -0.39 is 30.7 Å². The van der Waals surface area contributed by atoms with E-state index >= 15 is 0 Å². The summed E-state index contributed by atoms with van der Waals surface area (Å²) in [5, 5.41) is 0. The summed E-state index contributed by atoms with van der Waals surface area (Å²) >= 11 is 0. The third-order valence-electron chi connectivity index (χ3n) is 1.72. The van der Waals surface area contributed by atoms with Gasteiger partial charge >= 0.3 is 6.16 Å². The van der Waals surface area contributed by atoms with Gasteiger partial charge in [0.15, 0.2) is 0 Å². The van der Waals surface area contributed by atoms with Crippen LogP contribution in [-0.2, 0) is 23.5 Å². The minimum Gasteiger partial charge on any atom is -0.430 e. The SMILES string of the molecule is C[Si](C)(C)OS(=O)(=O)CCC1COC(=O)O1. The molecule has 1 unspecified atom stereocenters. The van der Waals surface area contributed by atoms with Crippen molar-refractivity contribution in [2.45, 2.75) is 32.2 Å². The van der Waals surface area contributed by atoms with Crippen LogP contribution in [-0.4, -0.2) is 41.4 Å². The van der Waals surface area contributed by atoms with Gasteiger partial charge in [0.25, 0.3) is 10.1 Å². The molecule has 0 spiro atoms. The minimum absolute atomic E-state index is 0.112. The van der Waals surface area contributed by atoms with Gasteiger partial charge < -0.3 is 13.3 Å². The van der Waals surface area contributed by atoms with Crippen LogP contribution in [0.4, 0.5) is 4.79 Å². The normalized spacial score (nSPS) is 21.7. The largest absolute Gasteiger partial charge is 0.508 e. The van der Waals surface area contributed by atoms with Crippen molar-refractivity contribution in [3.8, 4) is 0 Å². The quantitative estimate of drug-likeness (QED) is 0.548. The smallest absolute Gasteiger partial charge is 0.430 e. The maximum Gasteiger partial charge on any atom is 0.508 e. The van der Waals surface area contributed by atoms with E-state index in [1.54, 1.807) is 19.6 Å². The Balaban J connectivity index is 2.39. The third kappa shape index (κ3) is 4.95. The van der Waals surface area contributed by atoms with E-state index in [1.807, 2.05) is 0 Å². The lowest BCUT2D eigenvalue weighted by Gasteiger charge is -2.17. The Kier molecular flexibility index (Phi) is 3.97. The van der Waals surface area contributed by atoms with Crippen molar-refractivity contribution in [3.05, 3.63) is 0 Å². The van der Waals surface area contributed by atoms with Crippen molar-refractivity contribution in [3.63, 3.8) is 0 Å². The monoisotopic (exact) mass is 268 g/mol. The molecule has 0 aromatic carbocycles. The van der Waals surface area contributed by atoms with Crippen LogP contribution in [0.15, 0.2) is 0 Å². The van der Waals surface area contributed by atoms with Gasteiger partial charge in [0.05, 0.1) is 5.75 Å². The second kappa shape index (κ2) is 4.72. The number of ether oxygens (including phenoxy) is 2. The topological polar surface area (TPSA) is 78.9 Å². The maximum absolute atomic E-state index is 11.5. The van der Waals surface area contributed by atoms with E-state index in [9.17, 15) is 13.2 Å². The first kappa shape index (κ1) is 13.5. The summed E-state index contributed by atoms with van der Waals surface area (Å²) in [6.45, 7) is 5.50. The molecule has 0 amide bonds. The molecule has 0 N–H and O–H groups in total. The highest BCUT2D eigenvalue weighted by molar-refractivity contribution is 7.87. The van der Waals surface area contributed by atoms with E-state index in [4.69, 9.17) is 8.61 Å². The Morgan fingerprint density at radius 3 is 2.50 bits per heavy atom. The van der Waals surface area contributed by atoms with Crippen LogP contribution in [0.3, 0.4) is 0 Å². The molecule has 8 heteroatoms. The summed E-state index contributed by atoms with van der Waals surface area (Å²) in [5.74, 6) is -0.154. The van der Waals surface area contributed by atoms with Crippen LogP contribution in [0.25, 0.3) is 0 Å². The van der Waals surface area contributed by atoms with Crippen LogP contribution in [0.2, 0.25) is 19.6 Å². The summed E-state index contributed by atoms with van der Waals surface area (Å²) in [6.07, 6.45) is -1.01. The molecule has 1 aliphatic rings. The molecule has 6 nitrogen and oxygen atoms in total. The van der Waals surface area contributed by atoms with Crippen molar-refractivity contribution in [1.82, 2.24) is 0 Å². The predicted octanol–water partition coefficient (Wildman–Crippen LogP) is 1.09. The zero-order valence-electron chi connectivity index (χ0n) is 9.56. The molecule has 16 heavy (non-hydrogen) atoms. The minimum atomic E-state index is -3.53. The van der Waals surface area contributed by atoms with Crippen molar-refractivity contribution >= 4 is 24.6 Å². The first-order valence-corrected chi connectivity index (χ1v) is 9.93. The average Bonchev–Trinajstić information content (AvgIpc) is 2.44. The zero-order valence-corrected chi connectivity index (χ0v) is 11.4. The number of carbonyl (C=O) groups excluding carboxylic acids is 1. The summed E-state index contributed by atoms with van der Waals surface area (Å²) in [5.41, 5.74) is 0. The van der Waals surface area contributed by atoms with E-state index in [1.165, 1.54) is 0 Å². The fourth-order valence-corrected chi connectivity index (χ4v) is 5.14. The Bertz CT molecular complexity index is 357. The number of hydrogen-bond acceptors (Lipinski definition) is 6. The Morgan fingerprint density at radius 2 is 2.06 bits per heavy atom. The Hall–Kier alpha value is -0.603. The van der Waals surface area contributed by atoms with Gasteiger partial charge in [0.1, 0.15) is 12.7 Å². The van der Waals surface area contributed by atoms with Gasteiger partial charge in [-0.25, -0.2) is 13.2 Å². The van der Waals surface area contributed by atoms with Gasteiger partial charge in [-0.15, -0.1) is 0 Å². The molecule has 0 aromatic rings. The second-order valence-electron chi connectivity index (χ2n) is 4.55. The fourth-order valence-electron chi connectivity index (χ4n) is 1.21. The molecule has 0 saturated carbocycles. The van der Waals surface area contributed by atoms with E-state index in [-0.39, 0.29) is 18.8 Å². The van der Waals surface area contributed by atoms with Gasteiger partial charge in [0, 0.05) is 6.42 Å². The first-order chi connectivity index (χ1) is 7.18. The highest BCUT2D eigenvalue weighted by atomic mass is 32.2. The molecule has 0 aromatic heterocycles. The Labute approximate surface area is 96.1 Å². The number of cyclic esters (lactones) is 2. The predicted molar refractivity (Wildman–Crippen MR) is 59.1 cm³/mol. The summed E-state index contributed by atoms with van der Waals surface area (Å²) in [4.78, 5) is 10.6. The third-order valence-corrected chi connectivity index (χ3v) is 5.47. The van der Waals surface area contributed by atoms with Crippen LogP contribution in [0, 0.1) is 0 Å². The fraction of sp³-hybridized carbons (Fsp3) is 0.875. The van der Waals surface area contributed by atoms with Crippen molar-refractivity contribution in [2.75, 3.05) is 12.4 Å². The van der Waals surface area contributed by atoms with E-state index in [0.29, 0.717) is 0 Å². The maximum atomic E-state index is 11.5. The van der Waals surface area contributed by atoms with Crippen LogP contribution >= 0.6 is 0 Å². The van der Waals surface area contributed by atoms with E-state index in [2.05, 4.69) is 4.74 Å². The summed E-state index contributed by atoms with van der Waals surface area (Å²) in [6, 6.07) is 0. The van der Waals surface area contributed by atoms with Crippen molar-refractivity contribution in [1.29, 1.82) is 0 Å². The highest BCUT2D eigenvalue weighted by Gasteiger charge is 2.29. The van der Waals surface area contributed by atoms with E-state index in [0.717, 1.165) is 0 Å². The standard InChI is InChI=1S/C8H16O6SSi/c1-16(2,3)14-15(10,11)5-4-7-6-12-8(9)13-7/h7H,4-6H2,1-3H3. The molecule has 0 bridgehead atoms. The number of carbonyl (C=O) groups is 1. The summed E-state index contributed by atoms with van der Waals surface area (Å²) < 4.78 is 37.3. The van der Waals surface area contributed by atoms with Crippen LogP contribution in [0.5, 0.6) is 0 Å². The lowest BCUT2D eigenvalue weighted by atomic mass is 10.3. The highest BCUT2D eigenvalue weighted by Crippen LogP contribution is 2.14. The molecular formula is C8H16O6SSi. The first-order valence-electron chi connectivity index (χ1n) is 4.95. The molecule has 1 atom stereocenters. The van der Waals surface area contributed by atoms with Gasteiger partial charge in [-0.05, 0) is 19.6 Å². The average molecular weight is 268 g/mol. The van der Waals surface area contributed by atoms with Gasteiger partial charge in [-0.1, -0.05) is 0 Å². The lowest BCUT2D eigenvalue weighted by Crippen LogP contribution is -2.31. The molecule has 1 saturated heterocycles. The van der Waals surface area contributed by atoms with Crippen molar-refractivity contribution < 1.29 is 26.6 Å². The molecule has 0 radical (unpaired) electrons. The molecule has 1 aliphatic heterocycles. The lowest BCUT2D eigenvalue weighted by molar-refractivity contribution is 0.117. The number of hydrogen-bond donors (Lipinski definition) is 0. The molecule has 0 aliphatic carbocycles. The van der Waals surface area contributed by atoms with Gasteiger partial charge in [0.2, 0.25) is 8.32 Å². The van der Waals surface area contributed by atoms with Crippen LogP contribution in [0.1, 0.15) is 6.42 Å². The molecule has 94 valence electrons. The van der Waals surface area contributed by atoms with Crippen LogP contribution < -0.4 is 0 Å².